The van der Waals surface area contributed by atoms with Crippen LogP contribution < -0.4 is 14.2 Å². The highest BCUT2D eigenvalue weighted by atomic mass is 32.2. The van der Waals surface area contributed by atoms with Gasteiger partial charge in [0.25, 0.3) is 11.1 Å². The molecule has 9 heteroatoms. The Balaban J connectivity index is 1.89. The van der Waals surface area contributed by atoms with Gasteiger partial charge in [-0.15, -0.1) is 0 Å². The summed E-state index contributed by atoms with van der Waals surface area (Å²) >= 11 is 0.787. The molecular formula is C17H13NO6S2. The number of ether oxygens (including phenoxy) is 1. The summed E-state index contributed by atoms with van der Waals surface area (Å²) in [6.07, 6.45) is 1.50. The molecule has 1 N–H and O–H groups in total. The lowest BCUT2D eigenvalue weighted by molar-refractivity contribution is -0.115. The van der Waals surface area contributed by atoms with E-state index in [1.807, 2.05) is 0 Å². The van der Waals surface area contributed by atoms with Gasteiger partial charge in [-0.1, -0.05) is 24.3 Å². The van der Waals surface area contributed by atoms with E-state index in [4.69, 9.17) is 8.92 Å². The maximum Gasteiger partial charge on any atom is 0.339 e. The lowest BCUT2D eigenvalue weighted by Gasteiger charge is -2.11. The average molecular weight is 391 g/mol. The molecule has 0 bridgehead atoms. The number of carbonyl (C=O) groups is 2. The summed E-state index contributed by atoms with van der Waals surface area (Å²) < 4.78 is 35.0. The number of carbonyl (C=O) groups excluding carboxylic acids is 2. The van der Waals surface area contributed by atoms with E-state index in [-0.39, 0.29) is 21.3 Å². The Morgan fingerprint density at radius 3 is 2.38 bits per heavy atom. The van der Waals surface area contributed by atoms with Gasteiger partial charge in [0.05, 0.1) is 12.0 Å². The van der Waals surface area contributed by atoms with Crippen LogP contribution in [0, 0.1) is 0 Å². The molecule has 26 heavy (non-hydrogen) atoms. The molecule has 3 rings (SSSR count). The van der Waals surface area contributed by atoms with Crippen LogP contribution in [0.5, 0.6) is 11.5 Å². The third-order valence-corrected chi connectivity index (χ3v) is 5.42. The fourth-order valence-corrected chi connectivity index (χ4v) is 3.81. The molecule has 1 saturated heterocycles. The van der Waals surface area contributed by atoms with Gasteiger partial charge >= 0.3 is 10.1 Å². The molecule has 0 atom stereocenters. The zero-order valence-corrected chi connectivity index (χ0v) is 15.1. The number of hydrogen-bond acceptors (Lipinski definition) is 7. The standard InChI is InChI=1S/C17H13NO6S2/c1-23-14-9-11(10-15-16(19)18-17(20)25-15)7-8-13(14)24-26(21,22)12-5-3-2-4-6-12/h2-10H,1H3,(H,18,19,20)/b15-10-. The summed E-state index contributed by atoms with van der Waals surface area (Å²) in [4.78, 5) is 23.1. The van der Waals surface area contributed by atoms with Gasteiger partial charge in [0.15, 0.2) is 11.5 Å². The van der Waals surface area contributed by atoms with E-state index >= 15 is 0 Å². The SMILES string of the molecule is COc1cc(/C=C2\SC(=O)NC2=O)ccc1OS(=O)(=O)c1ccccc1. The Hall–Kier alpha value is -2.78. The minimum atomic E-state index is -4.01. The van der Waals surface area contributed by atoms with Crippen LogP contribution in [0.1, 0.15) is 5.56 Å². The summed E-state index contributed by atoms with van der Waals surface area (Å²) in [5.74, 6) is -0.294. The number of nitrogens with one attached hydrogen (secondary N) is 1. The minimum absolute atomic E-state index is 0.0121. The van der Waals surface area contributed by atoms with E-state index in [9.17, 15) is 18.0 Å². The van der Waals surface area contributed by atoms with Crippen molar-refractivity contribution in [1.29, 1.82) is 0 Å². The lowest BCUT2D eigenvalue weighted by atomic mass is 10.2. The van der Waals surface area contributed by atoms with Crippen molar-refractivity contribution in [3.63, 3.8) is 0 Å². The first-order chi connectivity index (χ1) is 12.4. The van der Waals surface area contributed by atoms with E-state index in [0.29, 0.717) is 5.56 Å². The highest BCUT2D eigenvalue weighted by Gasteiger charge is 2.25. The van der Waals surface area contributed by atoms with Crippen molar-refractivity contribution in [2.24, 2.45) is 0 Å². The predicted octanol–water partition coefficient (Wildman–Crippen LogP) is 2.79. The smallest absolute Gasteiger partial charge is 0.339 e. The van der Waals surface area contributed by atoms with Crippen molar-refractivity contribution in [2.45, 2.75) is 4.90 Å². The molecule has 2 aromatic carbocycles. The number of benzene rings is 2. The molecule has 0 aromatic heterocycles. The second kappa shape index (κ2) is 7.22. The first-order valence-electron chi connectivity index (χ1n) is 7.31. The summed E-state index contributed by atoms with van der Waals surface area (Å²) in [5.41, 5.74) is 0.554. The molecule has 0 unspecified atom stereocenters. The molecule has 0 radical (unpaired) electrons. The summed E-state index contributed by atoms with van der Waals surface area (Å²) in [6, 6.07) is 12.2. The molecule has 134 valence electrons. The molecule has 1 aliphatic heterocycles. The minimum Gasteiger partial charge on any atom is -0.493 e. The highest BCUT2D eigenvalue weighted by Crippen LogP contribution is 2.33. The first kappa shape index (κ1) is 18.0. The van der Waals surface area contributed by atoms with Crippen molar-refractivity contribution in [3.8, 4) is 11.5 Å². The molecule has 2 aromatic rings. The van der Waals surface area contributed by atoms with Crippen LogP contribution in [0.25, 0.3) is 6.08 Å². The average Bonchev–Trinajstić information content (AvgIpc) is 2.94. The Morgan fingerprint density at radius 2 is 1.77 bits per heavy atom. The van der Waals surface area contributed by atoms with Crippen molar-refractivity contribution in [2.75, 3.05) is 7.11 Å². The summed E-state index contributed by atoms with van der Waals surface area (Å²) in [5, 5.41) is 1.72. The van der Waals surface area contributed by atoms with E-state index in [1.165, 1.54) is 37.5 Å². The van der Waals surface area contributed by atoms with E-state index in [0.717, 1.165) is 11.8 Å². The van der Waals surface area contributed by atoms with Gasteiger partial charge in [-0.2, -0.15) is 8.42 Å². The molecule has 7 nitrogen and oxygen atoms in total. The van der Waals surface area contributed by atoms with Crippen LogP contribution in [0.15, 0.2) is 58.3 Å². The third-order valence-electron chi connectivity index (χ3n) is 3.36. The normalized spacial score (nSPS) is 15.8. The Labute approximate surface area is 154 Å². The Kier molecular flexibility index (Phi) is 5.01. The summed E-state index contributed by atoms with van der Waals surface area (Å²) in [6.45, 7) is 0. The van der Waals surface area contributed by atoms with Crippen molar-refractivity contribution in [3.05, 3.63) is 59.0 Å². The fraction of sp³-hybridized carbons (Fsp3) is 0.0588. The Bertz CT molecular complexity index is 999. The second-order valence-electron chi connectivity index (χ2n) is 5.11. The first-order valence-corrected chi connectivity index (χ1v) is 9.54. The Morgan fingerprint density at radius 1 is 1.04 bits per heavy atom. The monoisotopic (exact) mass is 391 g/mol. The van der Waals surface area contributed by atoms with Crippen LogP contribution in [-0.2, 0) is 14.9 Å². The van der Waals surface area contributed by atoms with Crippen LogP contribution >= 0.6 is 11.8 Å². The zero-order chi connectivity index (χ0) is 18.7. The van der Waals surface area contributed by atoms with Gasteiger partial charge in [0, 0.05) is 0 Å². The number of thioether (sulfide) groups is 1. The third kappa shape index (κ3) is 3.89. The van der Waals surface area contributed by atoms with Crippen LogP contribution in [0.3, 0.4) is 0 Å². The van der Waals surface area contributed by atoms with E-state index in [2.05, 4.69) is 5.32 Å². The van der Waals surface area contributed by atoms with Gasteiger partial charge in [0.1, 0.15) is 4.90 Å². The maximum atomic E-state index is 12.3. The molecule has 0 saturated carbocycles. The van der Waals surface area contributed by atoms with Gasteiger partial charge in [-0.25, -0.2) is 0 Å². The number of rotatable bonds is 5. The maximum absolute atomic E-state index is 12.3. The molecule has 1 heterocycles. The molecule has 1 fully saturated rings. The van der Waals surface area contributed by atoms with Crippen LogP contribution in [0.2, 0.25) is 0 Å². The molecular weight excluding hydrogens is 378 g/mol. The second-order valence-corrected chi connectivity index (χ2v) is 7.67. The lowest BCUT2D eigenvalue weighted by Crippen LogP contribution is -2.17. The number of hydrogen-bond donors (Lipinski definition) is 1. The number of imide groups is 1. The summed E-state index contributed by atoms with van der Waals surface area (Å²) in [7, 11) is -2.64. The molecule has 0 aliphatic carbocycles. The van der Waals surface area contributed by atoms with Crippen LogP contribution in [-0.4, -0.2) is 26.7 Å². The van der Waals surface area contributed by atoms with Gasteiger partial charge in [-0.05, 0) is 47.7 Å². The molecule has 1 aliphatic rings. The fourth-order valence-electron chi connectivity index (χ4n) is 2.17. The predicted molar refractivity (Wildman–Crippen MR) is 96.4 cm³/mol. The van der Waals surface area contributed by atoms with E-state index in [1.54, 1.807) is 24.3 Å². The van der Waals surface area contributed by atoms with Gasteiger partial charge < -0.3 is 8.92 Å². The van der Waals surface area contributed by atoms with Crippen LogP contribution in [0.4, 0.5) is 4.79 Å². The van der Waals surface area contributed by atoms with Gasteiger partial charge in [-0.3, -0.25) is 14.9 Å². The van der Waals surface area contributed by atoms with Crippen molar-refractivity contribution >= 4 is 39.1 Å². The van der Waals surface area contributed by atoms with Crippen molar-refractivity contribution < 1.29 is 26.9 Å². The molecule has 2 amide bonds. The van der Waals surface area contributed by atoms with Crippen molar-refractivity contribution in [1.82, 2.24) is 5.32 Å². The topological polar surface area (TPSA) is 98.8 Å². The zero-order valence-electron chi connectivity index (χ0n) is 13.5. The number of methoxy groups -OCH3 is 1. The number of amides is 2. The van der Waals surface area contributed by atoms with E-state index < -0.39 is 21.3 Å². The quantitative estimate of drug-likeness (QED) is 0.618. The molecule has 0 spiro atoms. The largest absolute Gasteiger partial charge is 0.493 e. The highest BCUT2D eigenvalue weighted by molar-refractivity contribution is 8.18. The van der Waals surface area contributed by atoms with Gasteiger partial charge in [0.2, 0.25) is 0 Å².